The van der Waals surface area contributed by atoms with Crippen LogP contribution in [-0.2, 0) is 11.2 Å². The van der Waals surface area contributed by atoms with Gasteiger partial charge < -0.3 is 4.57 Å². The van der Waals surface area contributed by atoms with Gasteiger partial charge in [-0.2, -0.15) is 0 Å². The van der Waals surface area contributed by atoms with Gasteiger partial charge in [-0.1, -0.05) is 24.3 Å². The van der Waals surface area contributed by atoms with Gasteiger partial charge in [0.15, 0.2) is 0 Å². The maximum absolute atomic E-state index is 12.6. The van der Waals surface area contributed by atoms with E-state index in [1.165, 1.54) is 11.3 Å². The largest absolute Gasteiger partial charge is 0.318 e. The number of aromatic nitrogens is 3. The van der Waals surface area contributed by atoms with E-state index in [0.29, 0.717) is 11.3 Å². The first-order chi connectivity index (χ1) is 15.0. The highest BCUT2D eigenvalue weighted by atomic mass is 32.1. The van der Waals surface area contributed by atoms with Crippen molar-refractivity contribution in [1.82, 2.24) is 25.4 Å². The molecular formula is C23H21N5O2S. The molecule has 0 fully saturated rings. The number of hydrogen-bond donors (Lipinski definition) is 2. The SMILES string of the molecule is Cc1cc(C(=O)NNC(=O)Cc2csc(-c3ccccn3)n2)c(C)n1-c1ccccc1. The molecule has 0 aliphatic rings. The van der Waals surface area contributed by atoms with Crippen LogP contribution in [0.1, 0.15) is 27.4 Å². The van der Waals surface area contributed by atoms with Crippen LogP contribution in [0.15, 0.2) is 66.2 Å². The molecule has 0 unspecified atom stereocenters. The van der Waals surface area contributed by atoms with Crippen molar-refractivity contribution >= 4 is 23.2 Å². The van der Waals surface area contributed by atoms with Gasteiger partial charge in [0.25, 0.3) is 5.91 Å². The van der Waals surface area contributed by atoms with Crippen LogP contribution in [0.5, 0.6) is 0 Å². The molecule has 3 aromatic heterocycles. The quantitative estimate of drug-likeness (QED) is 0.473. The van der Waals surface area contributed by atoms with Crippen LogP contribution < -0.4 is 10.9 Å². The molecule has 0 saturated heterocycles. The number of benzene rings is 1. The number of rotatable bonds is 5. The van der Waals surface area contributed by atoms with E-state index in [1.807, 2.05) is 78.4 Å². The average Bonchev–Trinajstić information content (AvgIpc) is 3.37. The molecule has 0 saturated carbocycles. The molecule has 8 heteroatoms. The van der Waals surface area contributed by atoms with E-state index >= 15 is 0 Å². The number of para-hydroxylation sites is 1. The molecule has 0 aliphatic carbocycles. The lowest BCUT2D eigenvalue weighted by molar-refractivity contribution is -0.121. The minimum Gasteiger partial charge on any atom is -0.318 e. The third kappa shape index (κ3) is 4.54. The molecule has 4 rings (SSSR count). The number of amides is 2. The highest BCUT2D eigenvalue weighted by Crippen LogP contribution is 2.22. The molecule has 2 N–H and O–H groups in total. The van der Waals surface area contributed by atoms with Crippen molar-refractivity contribution in [2.24, 2.45) is 0 Å². The molecule has 7 nitrogen and oxygen atoms in total. The van der Waals surface area contributed by atoms with Crippen LogP contribution in [0, 0.1) is 13.8 Å². The molecule has 3 heterocycles. The lowest BCUT2D eigenvalue weighted by Crippen LogP contribution is -2.42. The molecule has 0 bridgehead atoms. The molecule has 156 valence electrons. The number of thiazole rings is 1. The zero-order chi connectivity index (χ0) is 21.8. The van der Waals surface area contributed by atoms with Crippen molar-refractivity contribution in [1.29, 1.82) is 0 Å². The predicted octanol–water partition coefficient (Wildman–Crippen LogP) is 3.62. The Labute approximate surface area is 183 Å². The molecule has 0 radical (unpaired) electrons. The molecule has 0 aliphatic heterocycles. The van der Waals surface area contributed by atoms with E-state index in [9.17, 15) is 9.59 Å². The number of carbonyl (C=O) groups is 2. The molecular weight excluding hydrogens is 410 g/mol. The van der Waals surface area contributed by atoms with E-state index in [2.05, 4.69) is 20.8 Å². The lowest BCUT2D eigenvalue weighted by Gasteiger charge is -2.10. The summed E-state index contributed by atoms with van der Waals surface area (Å²) < 4.78 is 2.01. The van der Waals surface area contributed by atoms with Gasteiger partial charge >= 0.3 is 0 Å². The second-order valence-corrected chi connectivity index (χ2v) is 7.85. The summed E-state index contributed by atoms with van der Waals surface area (Å²) in [5.74, 6) is -0.709. The molecule has 0 atom stereocenters. The van der Waals surface area contributed by atoms with Crippen molar-refractivity contribution in [3.8, 4) is 16.4 Å². The first-order valence-electron chi connectivity index (χ1n) is 9.72. The highest BCUT2D eigenvalue weighted by Gasteiger charge is 2.17. The van der Waals surface area contributed by atoms with E-state index in [-0.39, 0.29) is 18.2 Å². The monoisotopic (exact) mass is 431 g/mol. The molecule has 2 amide bonds. The van der Waals surface area contributed by atoms with Gasteiger partial charge in [-0.3, -0.25) is 25.4 Å². The Hall–Kier alpha value is -3.78. The fraction of sp³-hybridized carbons (Fsp3) is 0.130. The van der Waals surface area contributed by atoms with Gasteiger partial charge in [0.1, 0.15) is 5.01 Å². The summed E-state index contributed by atoms with van der Waals surface area (Å²) in [4.78, 5) is 33.6. The third-order valence-electron chi connectivity index (χ3n) is 4.78. The van der Waals surface area contributed by atoms with Gasteiger partial charge in [-0.25, -0.2) is 4.98 Å². The van der Waals surface area contributed by atoms with Crippen molar-refractivity contribution in [2.45, 2.75) is 20.3 Å². The van der Waals surface area contributed by atoms with E-state index in [4.69, 9.17) is 0 Å². The summed E-state index contributed by atoms with van der Waals surface area (Å²) >= 11 is 1.43. The smallest absolute Gasteiger partial charge is 0.271 e. The average molecular weight is 432 g/mol. The number of pyridine rings is 1. The van der Waals surface area contributed by atoms with Gasteiger partial charge in [0, 0.05) is 28.7 Å². The van der Waals surface area contributed by atoms with Gasteiger partial charge in [-0.05, 0) is 44.2 Å². The van der Waals surface area contributed by atoms with Crippen LogP contribution in [-0.4, -0.2) is 26.3 Å². The van der Waals surface area contributed by atoms with Crippen molar-refractivity contribution in [3.05, 3.63) is 88.8 Å². The summed E-state index contributed by atoms with van der Waals surface area (Å²) in [5, 5.41) is 2.57. The van der Waals surface area contributed by atoms with Crippen LogP contribution in [0.25, 0.3) is 16.4 Å². The summed E-state index contributed by atoms with van der Waals surface area (Å²) in [5.41, 5.74) is 9.59. The molecule has 0 spiro atoms. The highest BCUT2D eigenvalue weighted by molar-refractivity contribution is 7.13. The number of aryl methyl sites for hydroxylation is 1. The number of hydrazine groups is 1. The van der Waals surface area contributed by atoms with Gasteiger partial charge in [0.2, 0.25) is 5.91 Å². The first-order valence-corrected chi connectivity index (χ1v) is 10.6. The standard InChI is InChI=1S/C23H21N5O2S/c1-15-12-19(16(2)28(15)18-8-4-3-5-9-18)22(30)27-26-21(29)13-17-14-31-23(25-17)20-10-6-7-11-24-20/h3-12,14H,13H2,1-2H3,(H,26,29)(H,27,30). The predicted molar refractivity (Wildman–Crippen MR) is 120 cm³/mol. The first kappa shape index (κ1) is 20.5. The maximum atomic E-state index is 12.6. The third-order valence-corrected chi connectivity index (χ3v) is 5.70. The van der Waals surface area contributed by atoms with E-state index in [1.54, 1.807) is 6.20 Å². The topological polar surface area (TPSA) is 88.9 Å². The Balaban J connectivity index is 1.38. The Morgan fingerprint density at radius 2 is 1.81 bits per heavy atom. The zero-order valence-electron chi connectivity index (χ0n) is 17.1. The normalized spacial score (nSPS) is 10.6. The van der Waals surface area contributed by atoms with Crippen LogP contribution in [0.4, 0.5) is 0 Å². The Kier molecular flexibility index (Phi) is 5.90. The van der Waals surface area contributed by atoms with Crippen molar-refractivity contribution in [3.63, 3.8) is 0 Å². The lowest BCUT2D eigenvalue weighted by atomic mass is 10.2. The Morgan fingerprint density at radius 3 is 2.55 bits per heavy atom. The fourth-order valence-corrected chi connectivity index (χ4v) is 4.16. The zero-order valence-corrected chi connectivity index (χ0v) is 17.9. The fourth-order valence-electron chi connectivity index (χ4n) is 3.36. The van der Waals surface area contributed by atoms with E-state index in [0.717, 1.165) is 27.8 Å². The molecule has 4 aromatic rings. The second-order valence-electron chi connectivity index (χ2n) is 6.99. The van der Waals surface area contributed by atoms with Crippen LogP contribution in [0.3, 0.4) is 0 Å². The molecule has 31 heavy (non-hydrogen) atoms. The Bertz CT molecular complexity index is 1220. The number of nitrogens with zero attached hydrogens (tertiary/aromatic N) is 3. The van der Waals surface area contributed by atoms with E-state index < -0.39 is 0 Å². The summed E-state index contributed by atoms with van der Waals surface area (Å²) in [6.45, 7) is 3.82. The number of hydrogen-bond acceptors (Lipinski definition) is 5. The minimum atomic E-state index is -0.365. The van der Waals surface area contributed by atoms with Gasteiger partial charge in [-0.15, -0.1) is 11.3 Å². The second kappa shape index (κ2) is 8.93. The van der Waals surface area contributed by atoms with Crippen molar-refractivity contribution < 1.29 is 9.59 Å². The van der Waals surface area contributed by atoms with Gasteiger partial charge in [0.05, 0.1) is 23.4 Å². The van der Waals surface area contributed by atoms with Crippen molar-refractivity contribution in [2.75, 3.05) is 0 Å². The summed E-state index contributed by atoms with van der Waals surface area (Å²) in [7, 11) is 0. The number of nitrogens with one attached hydrogen (secondary N) is 2. The minimum absolute atomic E-state index is 0.0622. The summed E-state index contributed by atoms with van der Waals surface area (Å²) in [6, 6.07) is 17.2. The van der Waals surface area contributed by atoms with Crippen LogP contribution >= 0.6 is 11.3 Å². The molecule has 1 aromatic carbocycles. The Morgan fingerprint density at radius 1 is 1.03 bits per heavy atom. The van der Waals surface area contributed by atoms with Crippen LogP contribution in [0.2, 0.25) is 0 Å². The maximum Gasteiger partial charge on any atom is 0.271 e. The summed E-state index contributed by atoms with van der Waals surface area (Å²) in [6.07, 6.45) is 1.76. The number of carbonyl (C=O) groups excluding carboxylic acids is 2.